The van der Waals surface area contributed by atoms with Crippen LogP contribution in [0, 0.1) is 5.92 Å². The number of rotatable bonds is 13. The number of thiol groups is 1. The summed E-state index contributed by atoms with van der Waals surface area (Å²) in [6.45, 7) is 8.36. The number of allylic oxidation sites excluding steroid dienone is 1. The van der Waals surface area contributed by atoms with Crippen LogP contribution < -0.4 is 10.1 Å². The fourth-order valence-electron chi connectivity index (χ4n) is 2.72. The molecular formula is C22H33NO2S. The van der Waals surface area contributed by atoms with Crippen LogP contribution in [0.3, 0.4) is 0 Å². The van der Waals surface area contributed by atoms with E-state index in [1.807, 2.05) is 18.2 Å². The number of hydrogen-bond donors (Lipinski definition) is 2. The van der Waals surface area contributed by atoms with Crippen LogP contribution in [0.4, 0.5) is 5.69 Å². The largest absolute Gasteiger partial charge is 0.421 e. The van der Waals surface area contributed by atoms with Gasteiger partial charge in [0.2, 0.25) is 0 Å². The van der Waals surface area contributed by atoms with Gasteiger partial charge in [0.05, 0.1) is 5.69 Å². The van der Waals surface area contributed by atoms with Crippen LogP contribution in [0.2, 0.25) is 0 Å². The first-order valence-electron chi connectivity index (χ1n) is 9.56. The van der Waals surface area contributed by atoms with Crippen molar-refractivity contribution in [2.24, 2.45) is 5.92 Å². The Kier molecular flexibility index (Phi) is 11.6. The van der Waals surface area contributed by atoms with Crippen LogP contribution in [0.1, 0.15) is 52.4 Å². The number of nitrogens with one attached hydrogen (secondary N) is 1. The van der Waals surface area contributed by atoms with E-state index in [4.69, 9.17) is 4.74 Å². The zero-order valence-electron chi connectivity index (χ0n) is 16.2. The van der Waals surface area contributed by atoms with E-state index in [-0.39, 0.29) is 0 Å². The summed E-state index contributed by atoms with van der Waals surface area (Å²) in [7, 11) is 0. The Labute approximate surface area is 164 Å². The third-order valence-electron chi connectivity index (χ3n) is 4.20. The molecule has 1 aromatic carbocycles. The molecule has 4 heteroatoms. The lowest BCUT2D eigenvalue weighted by molar-refractivity contribution is -0.130. The molecule has 0 saturated carbocycles. The monoisotopic (exact) mass is 375 g/mol. The maximum atomic E-state index is 11.7. The molecule has 0 aliphatic carbocycles. The minimum Gasteiger partial charge on any atom is -0.421 e. The van der Waals surface area contributed by atoms with Gasteiger partial charge in [-0.25, -0.2) is 4.79 Å². The molecule has 1 N–H and O–H groups in total. The second kappa shape index (κ2) is 13.5. The second-order valence-corrected chi connectivity index (χ2v) is 6.97. The third kappa shape index (κ3) is 9.14. The summed E-state index contributed by atoms with van der Waals surface area (Å²) >= 11 is 4.27. The molecule has 0 amide bonds. The second-order valence-electron chi connectivity index (χ2n) is 6.60. The van der Waals surface area contributed by atoms with Crippen LogP contribution >= 0.6 is 12.6 Å². The van der Waals surface area contributed by atoms with E-state index < -0.39 is 5.97 Å². The van der Waals surface area contributed by atoms with Gasteiger partial charge in [0, 0.05) is 17.9 Å². The smallest absolute Gasteiger partial charge is 0.338 e. The number of unbranched alkanes of at least 4 members (excludes halogenated alkanes) is 2. The highest BCUT2D eigenvalue weighted by atomic mass is 32.1. The van der Waals surface area contributed by atoms with Crippen molar-refractivity contribution >= 4 is 24.3 Å². The van der Waals surface area contributed by atoms with Gasteiger partial charge in [0.1, 0.15) is 0 Å². The Morgan fingerprint density at radius 1 is 1.27 bits per heavy atom. The summed E-state index contributed by atoms with van der Waals surface area (Å²) in [5.74, 6) is 1.57. The van der Waals surface area contributed by atoms with Crippen LogP contribution in [0.15, 0.2) is 48.6 Å². The number of carbonyl (C=O) groups excluding carboxylic acids is 1. The normalized spacial score (nSPS) is 12.1. The average molecular weight is 376 g/mol. The molecule has 144 valence electrons. The average Bonchev–Trinajstić information content (AvgIpc) is 2.63. The first kappa shape index (κ1) is 22.4. The first-order valence-corrected chi connectivity index (χ1v) is 10.2. The molecule has 0 bridgehead atoms. The fraction of sp³-hybridized carbons (Fsp3) is 0.500. The molecule has 0 saturated heterocycles. The molecular weight excluding hydrogens is 342 g/mol. The van der Waals surface area contributed by atoms with Crippen molar-refractivity contribution in [1.29, 1.82) is 0 Å². The van der Waals surface area contributed by atoms with E-state index in [2.05, 4.69) is 43.6 Å². The SMILES string of the molecule is C=C(C)C(=O)Oc1ccccc1NCCCC(C=CCS)CCCCC. The van der Waals surface area contributed by atoms with Crippen molar-refractivity contribution in [2.75, 3.05) is 17.6 Å². The van der Waals surface area contributed by atoms with Crippen LogP contribution in [-0.4, -0.2) is 18.3 Å². The molecule has 0 aliphatic heterocycles. The number of hydrogen-bond acceptors (Lipinski definition) is 4. The summed E-state index contributed by atoms with van der Waals surface area (Å²) in [6, 6.07) is 7.52. The van der Waals surface area contributed by atoms with Gasteiger partial charge < -0.3 is 10.1 Å². The van der Waals surface area contributed by atoms with Gasteiger partial charge in [-0.3, -0.25) is 0 Å². The van der Waals surface area contributed by atoms with Crippen molar-refractivity contribution in [1.82, 2.24) is 0 Å². The number of para-hydroxylation sites is 2. The molecule has 3 nitrogen and oxygen atoms in total. The van der Waals surface area contributed by atoms with Crippen molar-refractivity contribution in [3.05, 3.63) is 48.6 Å². The van der Waals surface area contributed by atoms with Crippen LogP contribution in [-0.2, 0) is 4.79 Å². The Morgan fingerprint density at radius 2 is 2.00 bits per heavy atom. The van der Waals surface area contributed by atoms with Gasteiger partial charge >= 0.3 is 5.97 Å². The van der Waals surface area contributed by atoms with Gasteiger partial charge in [-0.2, -0.15) is 12.6 Å². The van der Waals surface area contributed by atoms with Crippen LogP contribution in [0.25, 0.3) is 0 Å². The van der Waals surface area contributed by atoms with Crippen molar-refractivity contribution in [3.8, 4) is 5.75 Å². The summed E-state index contributed by atoms with van der Waals surface area (Å²) < 4.78 is 5.38. The lowest BCUT2D eigenvalue weighted by Crippen LogP contribution is -2.11. The molecule has 1 aromatic rings. The molecule has 0 heterocycles. The molecule has 0 spiro atoms. The number of carbonyl (C=O) groups is 1. The Hall–Kier alpha value is -1.68. The number of anilines is 1. The molecule has 0 fully saturated rings. The van der Waals surface area contributed by atoms with E-state index in [1.165, 1.54) is 25.7 Å². The molecule has 1 unspecified atom stereocenters. The minimum absolute atomic E-state index is 0.394. The predicted molar refractivity (Wildman–Crippen MR) is 115 cm³/mol. The molecule has 26 heavy (non-hydrogen) atoms. The highest BCUT2D eigenvalue weighted by Crippen LogP contribution is 2.25. The van der Waals surface area contributed by atoms with Crippen LogP contribution in [0.5, 0.6) is 5.75 Å². The first-order chi connectivity index (χ1) is 12.6. The zero-order valence-corrected chi connectivity index (χ0v) is 17.1. The number of ether oxygens (including phenoxy) is 1. The maximum Gasteiger partial charge on any atom is 0.338 e. The number of esters is 1. The summed E-state index contributed by atoms with van der Waals surface area (Å²) in [5, 5.41) is 3.39. The van der Waals surface area contributed by atoms with Gasteiger partial charge in [0.15, 0.2) is 5.75 Å². The molecule has 1 rings (SSSR count). The predicted octanol–water partition coefficient (Wildman–Crippen LogP) is 6.04. The minimum atomic E-state index is -0.396. The van der Waals surface area contributed by atoms with Gasteiger partial charge in [-0.15, -0.1) is 0 Å². The summed E-state index contributed by atoms with van der Waals surface area (Å²) in [4.78, 5) is 11.7. The van der Waals surface area contributed by atoms with E-state index in [0.29, 0.717) is 17.2 Å². The van der Waals surface area contributed by atoms with Gasteiger partial charge in [0.25, 0.3) is 0 Å². The lowest BCUT2D eigenvalue weighted by Gasteiger charge is -2.15. The van der Waals surface area contributed by atoms with E-state index in [1.54, 1.807) is 13.0 Å². The highest BCUT2D eigenvalue weighted by Gasteiger charge is 2.10. The standard InChI is InChI=1S/C22H33NO2S/c1-4-5-6-11-19(13-10-17-26)12-9-16-23-20-14-7-8-15-21(20)25-22(24)18(2)3/h7-8,10,13-15,19,23,26H,2,4-6,9,11-12,16-17H2,1,3H3. The summed E-state index contributed by atoms with van der Waals surface area (Å²) in [5.41, 5.74) is 1.24. The number of benzene rings is 1. The van der Waals surface area contributed by atoms with Crippen molar-refractivity contribution in [3.63, 3.8) is 0 Å². The zero-order chi connectivity index (χ0) is 19.2. The highest BCUT2D eigenvalue weighted by molar-refractivity contribution is 7.80. The quantitative estimate of drug-likeness (QED) is 0.110. The molecule has 0 aromatic heterocycles. The van der Waals surface area contributed by atoms with Crippen molar-refractivity contribution < 1.29 is 9.53 Å². The molecule has 0 aliphatic rings. The topological polar surface area (TPSA) is 38.3 Å². The molecule has 1 atom stereocenters. The van der Waals surface area contributed by atoms with Crippen molar-refractivity contribution in [2.45, 2.75) is 52.4 Å². The summed E-state index contributed by atoms with van der Waals surface area (Å²) in [6.07, 6.45) is 11.8. The Bertz CT molecular complexity index is 583. The fourth-order valence-corrected chi connectivity index (χ4v) is 2.84. The van der Waals surface area contributed by atoms with E-state index in [9.17, 15) is 4.79 Å². The van der Waals surface area contributed by atoms with E-state index >= 15 is 0 Å². The maximum absolute atomic E-state index is 11.7. The van der Waals surface area contributed by atoms with E-state index in [0.717, 1.165) is 30.8 Å². The molecule has 0 radical (unpaired) electrons. The van der Waals surface area contributed by atoms with Gasteiger partial charge in [-0.05, 0) is 44.2 Å². The van der Waals surface area contributed by atoms with Gasteiger partial charge in [-0.1, -0.05) is 57.0 Å². The lowest BCUT2D eigenvalue weighted by atomic mass is 9.95. The third-order valence-corrected chi connectivity index (χ3v) is 4.41. The Balaban J connectivity index is 2.49. The Morgan fingerprint density at radius 3 is 2.69 bits per heavy atom.